The second-order valence-corrected chi connectivity index (χ2v) is 15.1. The van der Waals surface area contributed by atoms with Gasteiger partial charge < -0.3 is 28.7 Å². The summed E-state index contributed by atoms with van der Waals surface area (Å²) in [5, 5.41) is 2.49. The second kappa shape index (κ2) is 13.3. The van der Waals surface area contributed by atoms with Gasteiger partial charge in [0.1, 0.15) is 30.8 Å². The van der Waals surface area contributed by atoms with E-state index in [0.29, 0.717) is 34.7 Å². The Labute approximate surface area is 225 Å². The maximum Gasteiger partial charge on any atom is 0.408 e. The third-order valence-electron chi connectivity index (χ3n) is 6.59. The third-order valence-corrected chi connectivity index (χ3v) is 10.9. The van der Waals surface area contributed by atoms with Gasteiger partial charge in [-0.1, -0.05) is 51.1 Å². The van der Waals surface area contributed by atoms with Crippen molar-refractivity contribution >= 4 is 26.7 Å². The van der Waals surface area contributed by atoms with Crippen molar-refractivity contribution in [3.63, 3.8) is 0 Å². The van der Waals surface area contributed by atoms with Gasteiger partial charge in [-0.3, -0.25) is 4.79 Å². The highest BCUT2D eigenvalue weighted by Gasteiger charge is 2.40. The minimum atomic E-state index is -2.26. The number of alkyl carbamates (subject to hydrolysis) is 1. The lowest BCUT2D eigenvalue weighted by molar-refractivity contribution is -0.147. The second-order valence-electron chi connectivity index (χ2n) is 10.3. The average Bonchev–Trinajstić information content (AvgIpc) is 2.85. The van der Waals surface area contributed by atoms with Gasteiger partial charge >= 0.3 is 12.1 Å². The van der Waals surface area contributed by atoms with E-state index in [4.69, 9.17) is 23.4 Å². The van der Waals surface area contributed by atoms with Crippen LogP contribution in [0.2, 0.25) is 18.1 Å². The van der Waals surface area contributed by atoms with Crippen molar-refractivity contribution in [2.45, 2.75) is 64.9 Å². The molecule has 0 bridgehead atoms. The van der Waals surface area contributed by atoms with Crippen LogP contribution in [0.4, 0.5) is 4.79 Å². The van der Waals surface area contributed by atoms with Crippen LogP contribution in [0.1, 0.15) is 37.5 Å². The smallest absolute Gasteiger partial charge is 0.408 e. The van der Waals surface area contributed by atoms with Gasteiger partial charge in [-0.25, -0.2) is 9.59 Å². The van der Waals surface area contributed by atoms with Crippen LogP contribution >= 0.6 is 0 Å². The van der Waals surface area contributed by atoms with Crippen molar-refractivity contribution < 1.29 is 37.8 Å². The van der Waals surface area contributed by atoms with Crippen LogP contribution in [0.5, 0.6) is 17.2 Å². The molecule has 0 aliphatic heterocycles. The number of benzene rings is 2. The Hall–Kier alpha value is -3.53. The molecule has 2 rings (SSSR count). The fourth-order valence-electron chi connectivity index (χ4n) is 3.55. The Kier molecular flexibility index (Phi) is 10.8. The molecule has 0 fully saturated rings. The van der Waals surface area contributed by atoms with E-state index < -0.39 is 33.0 Å². The summed E-state index contributed by atoms with van der Waals surface area (Å²) < 4.78 is 28.2. The molecule has 0 unspecified atom stereocenters. The first-order valence-corrected chi connectivity index (χ1v) is 15.3. The fourth-order valence-corrected chi connectivity index (χ4v) is 4.56. The first kappa shape index (κ1) is 30.7. The van der Waals surface area contributed by atoms with Crippen molar-refractivity contribution in [2.75, 3.05) is 20.8 Å². The van der Waals surface area contributed by atoms with Gasteiger partial charge in [-0.2, -0.15) is 0 Å². The van der Waals surface area contributed by atoms with Crippen LogP contribution in [0, 0.1) is 6.92 Å². The van der Waals surface area contributed by atoms with Gasteiger partial charge in [0.2, 0.25) is 0 Å². The molecule has 0 heterocycles. The van der Waals surface area contributed by atoms with Crippen LogP contribution in [0.3, 0.4) is 0 Å². The number of ether oxygens (including phenoxy) is 4. The number of hydrogen-bond donors (Lipinski definition) is 1. The fraction of sp³-hybridized carbons (Fsp3) is 0.464. The summed E-state index contributed by atoms with van der Waals surface area (Å²) in [5.41, 5.74) is 2.08. The normalized spacial score (nSPS) is 12.2. The molecule has 0 saturated carbocycles. The predicted octanol–water partition coefficient (Wildman–Crippen LogP) is 4.98. The van der Waals surface area contributed by atoms with E-state index >= 15 is 0 Å². The number of carbonyl (C=O) groups excluding carboxylic acids is 3. The molecule has 0 aliphatic carbocycles. The number of hydrogen-bond acceptors (Lipinski definition) is 8. The molecule has 208 valence electrons. The molecule has 0 aliphatic rings. The standard InChI is InChI=1S/C28H39NO8Si/c1-19-24(33-5)21(17-23(25(19)34-6)37-38(7,8)28(2,3)4)16-22(26(31)35-15-14-30)29-27(32)36-18-20-12-10-9-11-13-20/h9-14,17,22H,15-16,18H2,1-8H3,(H,29,32)/t22-/m0/s1. The molecule has 38 heavy (non-hydrogen) atoms. The van der Waals surface area contributed by atoms with E-state index in [1.807, 2.05) is 37.3 Å². The quantitative estimate of drug-likeness (QED) is 0.226. The van der Waals surface area contributed by atoms with E-state index in [9.17, 15) is 14.4 Å². The van der Waals surface area contributed by atoms with Crippen LogP contribution < -0.4 is 19.2 Å². The van der Waals surface area contributed by atoms with Crippen LogP contribution in [-0.2, 0) is 32.1 Å². The highest BCUT2D eigenvalue weighted by Crippen LogP contribution is 2.44. The number of methoxy groups -OCH3 is 2. The first-order chi connectivity index (χ1) is 17.8. The van der Waals surface area contributed by atoms with E-state index in [2.05, 4.69) is 39.2 Å². The number of nitrogens with one attached hydrogen (secondary N) is 1. The van der Waals surface area contributed by atoms with Gasteiger partial charge in [-0.15, -0.1) is 0 Å². The molecule has 0 saturated heterocycles. The first-order valence-electron chi connectivity index (χ1n) is 12.4. The van der Waals surface area contributed by atoms with Gasteiger partial charge in [0.05, 0.1) is 14.2 Å². The molecular formula is C28H39NO8Si. The molecule has 0 aromatic heterocycles. The molecular weight excluding hydrogens is 506 g/mol. The molecule has 0 radical (unpaired) electrons. The molecule has 1 N–H and O–H groups in total. The molecule has 0 spiro atoms. The Morgan fingerprint density at radius 3 is 2.21 bits per heavy atom. The van der Waals surface area contributed by atoms with Crippen LogP contribution in [-0.4, -0.2) is 53.5 Å². The molecule has 10 heteroatoms. The van der Waals surface area contributed by atoms with Crippen molar-refractivity contribution in [2.24, 2.45) is 0 Å². The molecule has 1 amide bonds. The number of rotatable bonds is 12. The Morgan fingerprint density at radius 2 is 1.66 bits per heavy atom. The van der Waals surface area contributed by atoms with E-state index in [1.54, 1.807) is 13.2 Å². The molecule has 1 atom stereocenters. The molecule has 2 aromatic rings. The van der Waals surface area contributed by atoms with Crippen molar-refractivity contribution in [1.82, 2.24) is 5.32 Å². The molecule has 9 nitrogen and oxygen atoms in total. The Balaban J connectivity index is 2.40. The van der Waals surface area contributed by atoms with Crippen molar-refractivity contribution in [3.05, 3.63) is 53.1 Å². The third kappa shape index (κ3) is 7.98. The van der Waals surface area contributed by atoms with Crippen molar-refractivity contribution in [1.29, 1.82) is 0 Å². The number of carbonyl (C=O) groups is 3. The largest absolute Gasteiger partial charge is 0.541 e. The van der Waals surface area contributed by atoms with Crippen molar-refractivity contribution in [3.8, 4) is 17.2 Å². The van der Waals surface area contributed by atoms with Gasteiger partial charge in [0, 0.05) is 17.5 Å². The lowest BCUT2D eigenvalue weighted by atomic mass is 10.0. The lowest BCUT2D eigenvalue weighted by Gasteiger charge is -2.37. The highest BCUT2D eigenvalue weighted by molar-refractivity contribution is 6.74. The van der Waals surface area contributed by atoms with Crippen LogP contribution in [0.15, 0.2) is 36.4 Å². The van der Waals surface area contributed by atoms with Crippen LogP contribution in [0.25, 0.3) is 0 Å². The summed E-state index contributed by atoms with van der Waals surface area (Å²) in [4.78, 5) is 36.2. The van der Waals surface area contributed by atoms with Gasteiger partial charge in [0.15, 0.2) is 12.0 Å². The summed E-state index contributed by atoms with van der Waals surface area (Å²) in [6, 6.07) is 9.77. The number of esters is 1. The summed E-state index contributed by atoms with van der Waals surface area (Å²) in [6.45, 7) is 12.1. The zero-order chi connectivity index (χ0) is 28.5. The topological polar surface area (TPSA) is 109 Å². The number of amides is 1. The SMILES string of the molecule is COc1c(C[C@H](NC(=O)OCc2ccccc2)C(=O)OCC=O)cc(O[Si](C)(C)C(C)(C)C)c(OC)c1C. The average molecular weight is 546 g/mol. The number of aldehydes is 1. The highest BCUT2D eigenvalue weighted by atomic mass is 28.4. The molecule has 2 aromatic carbocycles. The summed E-state index contributed by atoms with van der Waals surface area (Å²) in [7, 11) is 0.818. The van der Waals surface area contributed by atoms with E-state index in [1.165, 1.54) is 7.11 Å². The van der Waals surface area contributed by atoms with Gasteiger partial charge in [-0.05, 0) is 36.7 Å². The summed E-state index contributed by atoms with van der Waals surface area (Å²) in [5.74, 6) is 0.762. The zero-order valence-electron chi connectivity index (χ0n) is 23.5. The maximum atomic E-state index is 12.8. The van der Waals surface area contributed by atoms with E-state index in [-0.39, 0.29) is 18.1 Å². The maximum absolute atomic E-state index is 12.8. The Morgan fingerprint density at radius 1 is 1.03 bits per heavy atom. The minimum absolute atomic E-state index is 0.00000291. The Bertz CT molecular complexity index is 1110. The lowest BCUT2D eigenvalue weighted by Crippen LogP contribution is -2.44. The van der Waals surface area contributed by atoms with Gasteiger partial charge in [0.25, 0.3) is 8.32 Å². The van der Waals surface area contributed by atoms with E-state index in [0.717, 1.165) is 5.56 Å². The minimum Gasteiger partial charge on any atom is -0.541 e. The summed E-state index contributed by atoms with van der Waals surface area (Å²) >= 11 is 0. The monoisotopic (exact) mass is 545 g/mol. The zero-order valence-corrected chi connectivity index (χ0v) is 24.5. The summed E-state index contributed by atoms with van der Waals surface area (Å²) in [6.07, 6.45) is -0.338. The predicted molar refractivity (Wildman–Crippen MR) is 146 cm³/mol.